The molecule has 2 aliphatic rings. The standard InChI is InChI=1S/C22H25N3O4/c1-15-3-2-4-17(24-15)13-23-20(26)7-9-22(10-8-21(27)25-22)12-16-5-6-18-19(11-16)29-14-28-18/h2-6,11H,7-10,12-14H2,1H3,(H,23,26)(H,25,27)/t22-/m1/s1. The fourth-order valence-corrected chi connectivity index (χ4v) is 3.95. The van der Waals surface area contributed by atoms with Gasteiger partial charge in [0.25, 0.3) is 0 Å². The maximum atomic E-state index is 12.4. The molecule has 1 aromatic heterocycles. The highest BCUT2D eigenvalue weighted by Gasteiger charge is 2.38. The molecule has 0 saturated carbocycles. The number of carbonyl (C=O) groups excluding carboxylic acids is 2. The van der Waals surface area contributed by atoms with Gasteiger partial charge in [-0.15, -0.1) is 0 Å². The third-order valence-corrected chi connectivity index (χ3v) is 5.46. The Morgan fingerprint density at radius 2 is 2.10 bits per heavy atom. The quantitative estimate of drug-likeness (QED) is 0.752. The number of pyridine rings is 1. The summed E-state index contributed by atoms with van der Waals surface area (Å²) in [6.07, 6.45) is 2.78. The zero-order valence-electron chi connectivity index (χ0n) is 16.5. The summed E-state index contributed by atoms with van der Waals surface area (Å²) in [4.78, 5) is 28.8. The Hall–Kier alpha value is -3.09. The number of carbonyl (C=O) groups is 2. The average molecular weight is 395 g/mol. The molecule has 0 spiro atoms. The molecule has 3 heterocycles. The number of ether oxygens (including phenoxy) is 2. The Labute approximate surface area is 169 Å². The topological polar surface area (TPSA) is 89.5 Å². The van der Waals surface area contributed by atoms with Crippen molar-refractivity contribution < 1.29 is 19.1 Å². The van der Waals surface area contributed by atoms with Crippen LogP contribution in [-0.2, 0) is 22.6 Å². The first-order chi connectivity index (χ1) is 14.0. The van der Waals surface area contributed by atoms with Gasteiger partial charge in [0.2, 0.25) is 18.6 Å². The number of aryl methyl sites for hydroxylation is 1. The van der Waals surface area contributed by atoms with E-state index in [0.29, 0.717) is 38.6 Å². The van der Waals surface area contributed by atoms with E-state index in [1.54, 1.807) is 0 Å². The van der Waals surface area contributed by atoms with Crippen LogP contribution in [0.4, 0.5) is 0 Å². The lowest BCUT2D eigenvalue weighted by Crippen LogP contribution is -2.44. The highest BCUT2D eigenvalue weighted by atomic mass is 16.7. The van der Waals surface area contributed by atoms with Crippen molar-refractivity contribution in [2.75, 3.05) is 6.79 Å². The molecule has 0 bridgehead atoms. The summed E-state index contributed by atoms with van der Waals surface area (Å²) in [5.41, 5.74) is 2.40. The molecule has 7 heteroatoms. The molecule has 7 nitrogen and oxygen atoms in total. The number of amides is 2. The number of nitrogens with zero attached hydrogens (tertiary/aromatic N) is 1. The van der Waals surface area contributed by atoms with E-state index in [2.05, 4.69) is 15.6 Å². The van der Waals surface area contributed by atoms with Crippen molar-refractivity contribution in [3.8, 4) is 11.5 Å². The SMILES string of the molecule is Cc1cccc(CNC(=O)CC[C@]2(Cc3ccc4c(c3)OCO4)CCC(=O)N2)n1. The molecule has 0 aliphatic carbocycles. The van der Waals surface area contributed by atoms with E-state index in [-0.39, 0.29) is 18.6 Å². The number of hydrogen-bond donors (Lipinski definition) is 2. The maximum Gasteiger partial charge on any atom is 0.231 e. The van der Waals surface area contributed by atoms with Crippen molar-refractivity contribution in [1.29, 1.82) is 0 Å². The zero-order valence-corrected chi connectivity index (χ0v) is 16.5. The Balaban J connectivity index is 1.37. The zero-order chi connectivity index (χ0) is 20.3. The van der Waals surface area contributed by atoms with E-state index in [4.69, 9.17) is 9.47 Å². The minimum Gasteiger partial charge on any atom is -0.454 e. The lowest BCUT2D eigenvalue weighted by molar-refractivity contribution is -0.122. The van der Waals surface area contributed by atoms with Crippen LogP contribution in [0.5, 0.6) is 11.5 Å². The Morgan fingerprint density at radius 1 is 1.24 bits per heavy atom. The van der Waals surface area contributed by atoms with Gasteiger partial charge in [0.15, 0.2) is 11.5 Å². The minimum absolute atomic E-state index is 0.0371. The minimum atomic E-state index is -0.413. The molecule has 152 valence electrons. The lowest BCUT2D eigenvalue weighted by Gasteiger charge is -2.29. The molecule has 2 aromatic rings. The molecule has 1 aromatic carbocycles. The Morgan fingerprint density at radius 3 is 2.90 bits per heavy atom. The first-order valence-corrected chi connectivity index (χ1v) is 9.90. The van der Waals surface area contributed by atoms with Crippen molar-refractivity contribution >= 4 is 11.8 Å². The lowest BCUT2D eigenvalue weighted by atomic mass is 9.85. The van der Waals surface area contributed by atoms with Gasteiger partial charge in [-0.2, -0.15) is 0 Å². The molecule has 29 heavy (non-hydrogen) atoms. The highest BCUT2D eigenvalue weighted by Crippen LogP contribution is 2.35. The molecular weight excluding hydrogens is 370 g/mol. The van der Waals surface area contributed by atoms with Crippen LogP contribution in [0.3, 0.4) is 0 Å². The molecule has 2 amide bonds. The fraction of sp³-hybridized carbons (Fsp3) is 0.409. The smallest absolute Gasteiger partial charge is 0.231 e. The van der Waals surface area contributed by atoms with Crippen LogP contribution in [0.1, 0.15) is 42.6 Å². The molecule has 1 atom stereocenters. The molecular formula is C22H25N3O4. The van der Waals surface area contributed by atoms with Gasteiger partial charge < -0.3 is 20.1 Å². The third kappa shape index (κ3) is 4.67. The third-order valence-electron chi connectivity index (χ3n) is 5.46. The first kappa shape index (κ1) is 19.2. The van der Waals surface area contributed by atoms with Crippen LogP contribution < -0.4 is 20.1 Å². The second-order valence-corrected chi connectivity index (χ2v) is 7.74. The van der Waals surface area contributed by atoms with E-state index < -0.39 is 5.54 Å². The van der Waals surface area contributed by atoms with Gasteiger partial charge in [-0.05, 0) is 56.0 Å². The molecule has 1 saturated heterocycles. The summed E-state index contributed by atoms with van der Waals surface area (Å²) in [5, 5.41) is 6.04. The van der Waals surface area contributed by atoms with Gasteiger partial charge in [0.1, 0.15) is 0 Å². The predicted octanol–water partition coefficient (Wildman–Crippen LogP) is 2.41. The number of nitrogens with one attached hydrogen (secondary N) is 2. The van der Waals surface area contributed by atoms with Crippen LogP contribution in [0, 0.1) is 6.92 Å². The van der Waals surface area contributed by atoms with Crippen molar-refractivity contribution in [2.24, 2.45) is 0 Å². The summed E-state index contributed by atoms with van der Waals surface area (Å²) in [6.45, 7) is 2.56. The summed E-state index contributed by atoms with van der Waals surface area (Å²) in [6, 6.07) is 11.6. The predicted molar refractivity (Wildman–Crippen MR) is 106 cm³/mol. The van der Waals surface area contributed by atoms with E-state index in [1.165, 1.54) is 0 Å². The van der Waals surface area contributed by atoms with Gasteiger partial charge in [-0.25, -0.2) is 0 Å². The Bertz CT molecular complexity index is 930. The van der Waals surface area contributed by atoms with Gasteiger partial charge >= 0.3 is 0 Å². The van der Waals surface area contributed by atoms with Crippen molar-refractivity contribution in [2.45, 2.75) is 51.1 Å². The summed E-state index contributed by atoms with van der Waals surface area (Å²) >= 11 is 0. The van der Waals surface area contributed by atoms with E-state index in [1.807, 2.05) is 43.3 Å². The van der Waals surface area contributed by atoms with Crippen LogP contribution >= 0.6 is 0 Å². The molecule has 0 unspecified atom stereocenters. The average Bonchev–Trinajstić information content (AvgIpc) is 3.31. The van der Waals surface area contributed by atoms with Crippen LogP contribution in [0.15, 0.2) is 36.4 Å². The van der Waals surface area contributed by atoms with Crippen LogP contribution in [0.2, 0.25) is 0 Å². The van der Waals surface area contributed by atoms with E-state index in [9.17, 15) is 9.59 Å². The number of benzene rings is 1. The molecule has 1 fully saturated rings. The van der Waals surface area contributed by atoms with Crippen molar-refractivity contribution in [3.05, 3.63) is 53.3 Å². The number of fused-ring (bicyclic) bond motifs is 1. The van der Waals surface area contributed by atoms with Crippen molar-refractivity contribution in [3.63, 3.8) is 0 Å². The van der Waals surface area contributed by atoms with Gasteiger partial charge in [-0.3, -0.25) is 14.6 Å². The van der Waals surface area contributed by atoms with Gasteiger partial charge in [0.05, 0.1) is 12.2 Å². The van der Waals surface area contributed by atoms with Crippen LogP contribution in [0.25, 0.3) is 0 Å². The fourth-order valence-electron chi connectivity index (χ4n) is 3.95. The second kappa shape index (κ2) is 8.11. The molecule has 2 aliphatic heterocycles. The van der Waals surface area contributed by atoms with E-state index in [0.717, 1.165) is 28.5 Å². The molecule has 0 radical (unpaired) electrons. The maximum absolute atomic E-state index is 12.4. The van der Waals surface area contributed by atoms with Crippen LogP contribution in [-0.4, -0.2) is 29.1 Å². The monoisotopic (exact) mass is 395 g/mol. The van der Waals surface area contributed by atoms with E-state index >= 15 is 0 Å². The highest BCUT2D eigenvalue weighted by molar-refractivity contribution is 5.80. The second-order valence-electron chi connectivity index (χ2n) is 7.74. The molecule has 2 N–H and O–H groups in total. The first-order valence-electron chi connectivity index (χ1n) is 9.90. The summed E-state index contributed by atoms with van der Waals surface area (Å²) in [5.74, 6) is 1.46. The largest absolute Gasteiger partial charge is 0.454 e. The summed E-state index contributed by atoms with van der Waals surface area (Å²) in [7, 11) is 0. The molecule has 4 rings (SSSR count). The Kier molecular flexibility index (Phi) is 5.38. The number of hydrogen-bond acceptors (Lipinski definition) is 5. The number of aromatic nitrogens is 1. The normalized spacial score (nSPS) is 19.8. The number of rotatable bonds is 7. The summed E-state index contributed by atoms with van der Waals surface area (Å²) < 4.78 is 10.8. The van der Waals surface area contributed by atoms with Gasteiger partial charge in [0, 0.05) is 24.1 Å². The van der Waals surface area contributed by atoms with Gasteiger partial charge in [-0.1, -0.05) is 12.1 Å². The van der Waals surface area contributed by atoms with Crippen molar-refractivity contribution in [1.82, 2.24) is 15.6 Å².